The molecule has 0 saturated carbocycles. The fraction of sp³-hybridized carbons (Fsp3) is 0.579. The first-order valence-corrected chi connectivity index (χ1v) is 29.9. The van der Waals surface area contributed by atoms with Gasteiger partial charge in [-0.15, -0.1) is 0 Å². The largest absolute Gasteiger partial charge is 0.756 e. The first-order chi connectivity index (χ1) is 38.5. The van der Waals surface area contributed by atoms with Crippen molar-refractivity contribution in [3.8, 4) is 0 Å². The summed E-state index contributed by atoms with van der Waals surface area (Å²) in [5.74, 6) is -2.13. The number of hydrogen-bond acceptors (Lipinski definition) is 30. The van der Waals surface area contributed by atoms with Gasteiger partial charge in [0.1, 0.15) is 54.6 Å². The summed E-state index contributed by atoms with van der Waals surface area (Å²) < 4.78 is 111. The molecule has 0 aromatic carbocycles. The van der Waals surface area contributed by atoms with Crippen LogP contribution in [-0.4, -0.2) is 191 Å². The lowest BCUT2D eigenvalue weighted by Crippen LogP contribution is -2.39. The van der Waals surface area contributed by atoms with E-state index in [9.17, 15) is 67.5 Å². The van der Waals surface area contributed by atoms with Gasteiger partial charge in [0.15, 0.2) is 35.1 Å². The quantitative estimate of drug-likeness (QED) is 0.0217. The van der Waals surface area contributed by atoms with Crippen molar-refractivity contribution in [3.05, 3.63) is 46.0 Å². The van der Waals surface area contributed by atoms with Gasteiger partial charge in [-0.3, -0.25) is 47.1 Å². The van der Waals surface area contributed by atoms with Crippen LogP contribution in [0.3, 0.4) is 0 Å². The molecular formula is C38H54N16O24P4. The Labute approximate surface area is 458 Å². The van der Waals surface area contributed by atoms with Gasteiger partial charge >= 0.3 is 29.0 Å². The van der Waals surface area contributed by atoms with Crippen molar-refractivity contribution in [2.75, 3.05) is 64.4 Å². The summed E-state index contributed by atoms with van der Waals surface area (Å²) in [6.07, 6.45) is -14.1. The molecule has 6 aromatic heterocycles. The highest BCUT2D eigenvalue weighted by molar-refractivity contribution is 7.66. The van der Waals surface area contributed by atoms with Crippen LogP contribution in [0.25, 0.3) is 33.5 Å². The van der Waals surface area contributed by atoms with E-state index in [2.05, 4.69) is 53.8 Å². The van der Waals surface area contributed by atoms with Crippen LogP contribution in [-0.2, 0) is 75.8 Å². The number of carbonyl (C=O) groups is 1. The van der Waals surface area contributed by atoms with E-state index in [1.807, 2.05) is 0 Å². The van der Waals surface area contributed by atoms with Gasteiger partial charge in [-0.25, -0.2) is 38.2 Å². The second-order valence-electron chi connectivity index (χ2n) is 18.6. The van der Waals surface area contributed by atoms with E-state index in [1.165, 1.54) is 46.1 Å². The maximum atomic E-state index is 13.7. The summed E-state index contributed by atoms with van der Waals surface area (Å²) in [6.45, 7) is -1.29. The fourth-order valence-electron chi connectivity index (χ4n) is 9.24. The molecule has 0 radical (unpaired) electrons. The molecule has 1 amide bonds. The molecule has 6 aromatic rings. The first kappa shape index (κ1) is 60.9. The second-order valence-corrected chi connectivity index (χ2v) is 24.6. The van der Waals surface area contributed by atoms with Gasteiger partial charge in [0.25, 0.3) is 24.5 Å². The molecule has 3 aliphatic heterocycles. The number of hydrogen-bond donors (Lipinski definition) is 11. The number of aryl methyl sites for hydroxylation is 1. The predicted octanol–water partition coefficient (Wildman–Crippen LogP) is -3.76. The van der Waals surface area contributed by atoms with Crippen molar-refractivity contribution in [1.29, 1.82) is 0 Å². The molecule has 3 aliphatic rings. The SMILES string of the molecule is CCNc1nc2c(c(=O)[nH]1)[n+](C)cn2[C@@H]1O[C@H](COP(=O)(O)OP(=O)(O)OP(=O)(O)OC[C@H]2O[C@@H](n3cnc4c(N)ncnc43)[C@H](OC)[C@@H]2OP(=O)([O-])OC[C@H]2O[C@@H](n3cnc4c(=O)[nH]c(N)nc43)[C@H](O)[C@@H]2O)[C@@H](CC(=O)N(C)C)[C@H]1O. The van der Waals surface area contributed by atoms with Crippen LogP contribution in [0.2, 0.25) is 0 Å². The van der Waals surface area contributed by atoms with Gasteiger partial charge in [-0.1, -0.05) is 0 Å². The Morgan fingerprint density at radius 3 is 2.04 bits per heavy atom. The number of nitrogens with zero attached hydrogens (tertiary/aromatic N) is 11. The minimum Gasteiger partial charge on any atom is -0.756 e. The molecule has 44 heteroatoms. The van der Waals surface area contributed by atoms with Gasteiger partial charge in [0.05, 0.1) is 45.6 Å². The average molecular weight is 1240 g/mol. The number of amides is 1. The molecule has 3 fully saturated rings. The van der Waals surface area contributed by atoms with E-state index >= 15 is 0 Å². The van der Waals surface area contributed by atoms with Gasteiger partial charge in [-0.05, 0) is 6.92 Å². The van der Waals surface area contributed by atoms with E-state index < -0.39 is 148 Å². The number of phosphoric acid groups is 4. The smallest absolute Gasteiger partial charge is 0.490 e. The van der Waals surface area contributed by atoms with Crippen molar-refractivity contribution in [2.24, 2.45) is 13.0 Å². The zero-order valence-corrected chi connectivity index (χ0v) is 46.7. The Bertz CT molecular complexity index is 3690. The number of nitrogens with two attached hydrogens (primary N) is 2. The number of nitrogen functional groups attached to an aromatic ring is 2. The summed E-state index contributed by atoms with van der Waals surface area (Å²) in [6, 6.07) is 0. The van der Waals surface area contributed by atoms with E-state index in [1.54, 1.807) is 6.92 Å². The number of nitrogens with one attached hydrogen (secondary N) is 3. The van der Waals surface area contributed by atoms with Crippen molar-refractivity contribution in [1.82, 2.24) is 58.5 Å². The van der Waals surface area contributed by atoms with E-state index in [0.29, 0.717) is 6.54 Å². The van der Waals surface area contributed by atoms with Crippen LogP contribution >= 0.6 is 31.3 Å². The van der Waals surface area contributed by atoms with Gasteiger partial charge in [0.2, 0.25) is 30.4 Å². The van der Waals surface area contributed by atoms with Crippen LogP contribution in [0.4, 0.5) is 17.7 Å². The summed E-state index contributed by atoms with van der Waals surface area (Å²) in [5, 5.41) is 36.2. The number of aromatic nitrogens is 12. The highest BCUT2D eigenvalue weighted by Gasteiger charge is 2.53. The van der Waals surface area contributed by atoms with Crippen LogP contribution in [0.5, 0.6) is 0 Å². The molecule has 3 saturated heterocycles. The topological polar surface area (TPSA) is 551 Å². The Hall–Kier alpha value is -5.64. The summed E-state index contributed by atoms with van der Waals surface area (Å²) in [7, 11) is -18.4. The number of phosphoric ester groups is 3. The molecule has 82 heavy (non-hydrogen) atoms. The zero-order chi connectivity index (χ0) is 59.5. The van der Waals surface area contributed by atoms with Crippen LogP contribution in [0.15, 0.2) is 34.9 Å². The maximum absolute atomic E-state index is 13.7. The number of H-pyrrole nitrogens is 2. The lowest BCUT2D eigenvalue weighted by molar-refractivity contribution is -0.646. The number of rotatable bonds is 23. The number of anilines is 3. The normalized spacial score (nSPS) is 28.8. The minimum absolute atomic E-state index is 0.00853. The molecular weight excluding hydrogens is 1190 g/mol. The predicted molar refractivity (Wildman–Crippen MR) is 267 cm³/mol. The lowest BCUT2D eigenvalue weighted by atomic mass is 9.94. The lowest BCUT2D eigenvalue weighted by Gasteiger charge is -2.31. The highest BCUT2D eigenvalue weighted by atomic mass is 31.3. The summed E-state index contributed by atoms with van der Waals surface area (Å²) in [4.78, 5) is 114. The second kappa shape index (κ2) is 23.4. The van der Waals surface area contributed by atoms with Crippen molar-refractivity contribution in [3.63, 3.8) is 0 Å². The Morgan fingerprint density at radius 2 is 1.38 bits per heavy atom. The number of carbonyl (C=O) groups excluding carboxylic acids is 1. The van der Waals surface area contributed by atoms with E-state index in [-0.39, 0.29) is 51.2 Å². The number of imidazole rings is 3. The third-order valence-electron chi connectivity index (χ3n) is 13.0. The number of aliphatic hydroxyl groups excluding tert-OH is 3. The molecule has 9 rings (SSSR count). The molecule has 0 aliphatic carbocycles. The van der Waals surface area contributed by atoms with Gasteiger partial charge in [-0.2, -0.15) is 23.2 Å². The molecule has 0 spiro atoms. The number of fused-ring (bicyclic) bond motifs is 3. The van der Waals surface area contributed by atoms with Crippen LogP contribution in [0, 0.1) is 5.92 Å². The number of methoxy groups -OCH3 is 1. The average Bonchev–Trinajstić information content (AvgIpc) is 4.16. The molecule has 40 nitrogen and oxygen atoms in total. The fourth-order valence-corrected chi connectivity index (χ4v) is 13.7. The molecule has 450 valence electrons. The first-order valence-electron chi connectivity index (χ1n) is 24.0. The monoisotopic (exact) mass is 1240 g/mol. The molecule has 0 bridgehead atoms. The summed E-state index contributed by atoms with van der Waals surface area (Å²) in [5.41, 5.74) is 10.0. The zero-order valence-electron chi connectivity index (χ0n) is 43.2. The Balaban J connectivity index is 0.880. The molecule has 4 unspecified atom stereocenters. The van der Waals surface area contributed by atoms with Crippen molar-refractivity contribution in [2.45, 2.75) is 80.9 Å². The Morgan fingerprint density at radius 1 is 0.768 bits per heavy atom. The van der Waals surface area contributed by atoms with Crippen LogP contribution in [0.1, 0.15) is 32.0 Å². The van der Waals surface area contributed by atoms with Crippen molar-refractivity contribution < 1.29 is 108 Å². The number of aromatic amines is 2. The minimum atomic E-state index is -6.25. The summed E-state index contributed by atoms with van der Waals surface area (Å²) >= 11 is 0. The number of aliphatic hydroxyl groups is 3. The van der Waals surface area contributed by atoms with Gasteiger partial charge < -0.3 is 84.6 Å². The standard InChI is InChI=1S/C38H54N16O24P4/c1-6-41-38-47-31-22(33(60)49-38)51(4)14-54(31)34-23(56)15(7-19(55)50(2)3)16(73-34)8-71-80(63,64)77-82(67,68)78-81(65,66)72-10-18-26(27(69-5)36(75-18)52-12-44-20-28(39)42-11-43-29(20)52)76-79(61,62)70-9-17-24(57)25(58)35(74-17)53-13-45-21-30(53)46-37(40)48-32(21)59/h11-18,23-27,34-36,56-58H,6-10H2,1-5H3,(H10-,39,40,41,42,43,46,47,48,49,59,60,61,62,63,64,65,66,67,68)/t15-,16-,17-,18-,23-,24-,25-,26-,27-,34-,35-,36-/m1/s1. The third kappa shape index (κ3) is 12.6. The third-order valence-corrected chi connectivity index (χ3v) is 18.2. The molecule has 13 N–H and O–H groups in total. The van der Waals surface area contributed by atoms with Crippen LogP contribution < -0.4 is 37.4 Å². The van der Waals surface area contributed by atoms with Crippen molar-refractivity contribution >= 4 is 88.4 Å². The van der Waals surface area contributed by atoms with E-state index in [4.69, 9.17) is 48.5 Å². The molecule has 9 heterocycles. The van der Waals surface area contributed by atoms with E-state index in [0.717, 1.165) is 30.7 Å². The van der Waals surface area contributed by atoms with Gasteiger partial charge in [0, 0.05) is 40.1 Å². The maximum Gasteiger partial charge on any atom is 0.490 e. The highest BCUT2D eigenvalue weighted by Crippen LogP contribution is 2.68. The Kier molecular flexibility index (Phi) is 17.4. The number of ether oxygens (including phenoxy) is 4. The molecule has 16 atom stereocenters.